The molecule has 2 nitrogen and oxygen atoms in total. The summed E-state index contributed by atoms with van der Waals surface area (Å²) in [6.45, 7) is 7.44. The molecule has 1 saturated heterocycles. The molecule has 2 rings (SSSR count). The third-order valence-corrected chi connectivity index (χ3v) is 4.95. The lowest BCUT2D eigenvalue weighted by Gasteiger charge is -2.42. The summed E-state index contributed by atoms with van der Waals surface area (Å²) in [5, 5.41) is 3.36. The Bertz CT molecular complexity index is 217. The van der Waals surface area contributed by atoms with Gasteiger partial charge < -0.3 is 5.32 Å². The van der Waals surface area contributed by atoms with E-state index < -0.39 is 0 Å². The van der Waals surface area contributed by atoms with Crippen molar-refractivity contribution in [2.75, 3.05) is 20.1 Å². The number of hydrogen-bond donors (Lipinski definition) is 1. The van der Waals surface area contributed by atoms with Gasteiger partial charge in [0.25, 0.3) is 0 Å². The van der Waals surface area contributed by atoms with Crippen molar-refractivity contribution in [1.29, 1.82) is 0 Å². The summed E-state index contributed by atoms with van der Waals surface area (Å²) in [4.78, 5) is 2.82. The first-order valence-corrected chi connectivity index (χ1v) is 7.14. The molecule has 0 aromatic heterocycles. The maximum Gasteiger partial charge on any atom is 0.0224 e. The van der Waals surface area contributed by atoms with Crippen LogP contribution in [-0.4, -0.2) is 37.1 Å². The minimum atomic E-state index is 0.808. The van der Waals surface area contributed by atoms with E-state index in [1.807, 2.05) is 0 Å². The molecule has 1 saturated carbocycles. The first-order valence-electron chi connectivity index (χ1n) is 7.14. The molecular formula is C14H28N2. The average molecular weight is 224 g/mol. The van der Waals surface area contributed by atoms with Crippen molar-refractivity contribution in [2.45, 2.75) is 58.0 Å². The summed E-state index contributed by atoms with van der Waals surface area (Å²) in [5.74, 6) is 1.82. The fourth-order valence-corrected chi connectivity index (χ4v) is 3.77. The molecule has 1 heterocycles. The Morgan fingerprint density at radius 1 is 1.12 bits per heavy atom. The minimum Gasteiger partial charge on any atom is -0.318 e. The van der Waals surface area contributed by atoms with Gasteiger partial charge in [-0.05, 0) is 44.7 Å². The van der Waals surface area contributed by atoms with Crippen LogP contribution < -0.4 is 5.32 Å². The summed E-state index contributed by atoms with van der Waals surface area (Å²) in [7, 11) is 2.09. The zero-order valence-corrected chi connectivity index (χ0v) is 11.2. The first kappa shape index (κ1) is 12.4. The maximum absolute atomic E-state index is 3.36. The van der Waals surface area contributed by atoms with E-state index in [0.29, 0.717) is 0 Å². The van der Waals surface area contributed by atoms with Crippen LogP contribution in [0.3, 0.4) is 0 Å². The zero-order valence-electron chi connectivity index (χ0n) is 11.2. The topological polar surface area (TPSA) is 15.3 Å². The SMILES string of the molecule is CNCC1CCCN1C1CCCC(C)C1C. The zero-order chi connectivity index (χ0) is 11.5. The van der Waals surface area contributed by atoms with Gasteiger partial charge in [-0.3, -0.25) is 4.90 Å². The summed E-state index contributed by atoms with van der Waals surface area (Å²) < 4.78 is 0. The second kappa shape index (κ2) is 5.50. The molecule has 1 aliphatic heterocycles. The fourth-order valence-electron chi connectivity index (χ4n) is 3.77. The molecule has 2 fully saturated rings. The van der Waals surface area contributed by atoms with Crippen molar-refractivity contribution in [3.8, 4) is 0 Å². The van der Waals surface area contributed by atoms with Crippen LogP contribution in [0, 0.1) is 11.8 Å². The highest BCUT2D eigenvalue weighted by Crippen LogP contribution is 2.35. The lowest BCUT2D eigenvalue weighted by molar-refractivity contribution is 0.0715. The smallest absolute Gasteiger partial charge is 0.0224 e. The van der Waals surface area contributed by atoms with E-state index in [4.69, 9.17) is 0 Å². The molecule has 4 unspecified atom stereocenters. The number of hydrogen-bond acceptors (Lipinski definition) is 2. The van der Waals surface area contributed by atoms with Crippen LogP contribution in [0.15, 0.2) is 0 Å². The number of rotatable bonds is 3. The van der Waals surface area contributed by atoms with Crippen molar-refractivity contribution in [3.05, 3.63) is 0 Å². The summed E-state index contributed by atoms with van der Waals surface area (Å²) in [6, 6.07) is 1.67. The normalized spacial score (nSPS) is 41.4. The quantitative estimate of drug-likeness (QED) is 0.792. The Morgan fingerprint density at radius 3 is 2.69 bits per heavy atom. The molecule has 2 heteroatoms. The monoisotopic (exact) mass is 224 g/mol. The fraction of sp³-hybridized carbons (Fsp3) is 1.00. The molecule has 4 atom stereocenters. The molecule has 0 aromatic rings. The predicted molar refractivity (Wildman–Crippen MR) is 69.6 cm³/mol. The van der Waals surface area contributed by atoms with Gasteiger partial charge in [0.1, 0.15) is 0 Å². The predicted octanol–water partition coefficient (Wildman–Crippen LogP) is 2.49. The van der Waals surface area contributed by atoms with Gasteiger partial charge >= 0.3 is 0 Å². The van der Waals surface area contributed by atoms with Crippen LogP contribution in [0.4, 0.5) is 0 Å². The molecule has 1 aliphatic carbocycles. The van der Waals surface area contributed by atoms with E-state index in [9.17, 15) is 0 Å². The lowest BCUT2D eigenvalue weighted by Crippen LogP contribution is -2.48. The second-order valence-corrected chi connectivity index (χ2v) is 5.93. The molecule has 0 amide bonds. The van der Waals surface area contributed by atoms with Crippen molar-refractivity contribution in [1.82, 2.24) is 10.2 Å². The highest BCUT2D eigenvalue weighted by Gasteiger charge is 2.36. The van der Waals surface area contributed by atoms with Gasteiger partial charge in [0, 0.05) is 18.6 Å². The standard InChI is InChI=1S/C14H28N2/c1-11-6-4-8-14(12(11)2)16-9-5-7-13(16)10-15-3/h11-15H,4-10H2,1-3H3. The van der Waals surface area contributed by atoms with Gasteiger partial charge in [0.2, 0.25) is 0 Å². The molecular weight excluding hydrogens is 196 g/mol. The molecule has 0 bridgehead atoms. The molecule has 0 spiro atoms. The molecule has 94 valence electrons. The summed E-state index contributed by atoms with van der Waals surface area (Å²) in [5.41, 5.74) is 0. The van der Waals surface area contributed by atoms with Crippen LogP contribution in [-0.2, 0) is 0 Å². The lowest BCUT2D eigenvalue weighted by atomic mass is 9.77. The number of nitrogens with zero attached hydrogens (tertiary/aromatic N) is 1. The van der Waals surface area contributed by atoms with Gasteiger partial charge in [-0.1, -0.05) is 26.7 Å². The summed E-state index contributed by atoms with van der Waals surface area (Å²) >= 11 is 0. The maximum atomic E-state index is 3.36. The van der Waals surface area contributed by atoms with E-state index in [1.54, 1.807) is 0 Å². The van der Waals surface area contributed by atoms with E-state index in [2.05, 4.69) is 31.1 Å². The third kappa shape index (κ3) is 2.43. The van der Waals surface area contributed by atoms with Crippen LogP contribution in [0.2, 0.25) is 0 Å². The molecule has 1 N–H and O–H groups in total. The van der Waals surface area contributed by atoms with Crippen LogP contribution >= 0.6 is 0 Å². The van der Waals surface area contributed by atoms with Crippen molar-refractivity contribution in [2.24, 2.45) is 11.8 Å². The van der Waals surface area contributed by atoms with E-state index in [1.165, 1.54) is 45.2 Å². The van der Waals surface area contributed by atoms with Gasteiger partial charge in [0.05, 0.1) is 0 Å². The Labute approximate surface area is 101 Å². The highest BCUT2D eigenvalue weighted by molar-refractivity contribution is 4.91. The average Bonchev–Trinajstić information content (AvgIpc) is 2.71. The van der Waals surface area contributed by atoms with Crippen LogP contribution in [0.25, 0.3) is 0 Å². The van der Waals surface area contributed by atoms with Gasteiger partial charge in [0.15, 0.2) is 0 Å². The molecule has 0 aromatic carbocycles. The van der Waals surface area contributed by atoms with Crippen molar-refractivity contribution < 1.29 is 0 Å². The number of nitrogens with one attached hydrogen (secondary N) is 1. The van der Waals surface area contributed by atoms with Crippen molar-refractivity contribution >= 4 is 0 Å². The van der Waals surface area contributed by atoms with E-state index in [0.717, 1.165) is 23.9 Å². The Balaban J connectivity index is 1.99. The number of likely N-dealkylation sites (N-methyl/N-ethyl adjacent to an activating group) is 1. The van der Waals surface area contributed by atoms with Gasteiger partial charge in [-0.25, -0.2) is 0 Å². The largest absolute Gasteiger partial charge is 0.318 e. The van der Waals surface area contributed by atoms with E-state index >= 15 is 0 Å². The molecule has 2 aliphatic rings. The third-order valence-electron chi connectivity index (χ3n) is 4.95. The first-order chi connectivity index (χ1) is 7.74. The number of likely N-dealkylation sites (tertiary alicyclic amines) is 1. The Kier molecular flexibility index (Phi) is 4.26. The van der Waals surface area contributed by atoms with Gasteiger partial charge in [-0.15, -0.1) is 0 Å². The van der Waals surface area contributed by atoms with Gasteiger partial charge in [-0.2, -0.15) is 0 Å². The van der Waals surface area contributed by atoms with Crippen LogP contribution in [0.5, 0.6) is 0 Å². The molecule has 0 radical (unpaired) electrons. The highest BCUT2D eigenvalue weighted by atomic mass is 15.2. The van der Waals surface area contributed by atoms with Crippen LogP contribution in [0.1, 0.15) is 46.0 Å². The summed E-state index contributed by atoms with van der Waals surface area (Å²) in [6.07, 6.45) is 7.13. The molecule has 16 heavy (non-hydrogen) atoms. The Hall–Kier alpha value is -0.0800. The Morgan fingerprint density at radius 2 is 1.94 bits per heavy atom. The van der Waals surface area contributed by atoms with E-state index in [-0.39, 0.29) is 0 Å². The second-order valence-electron chi connectivity index (χ2n) is 5.93. The van der Waals surface area contributed by atoms with Crippen molar-refractivity contribution in [3.63, 3.8) is 0 Å². The minimum absolute atomic E-state index is 0.808.